The van der Waals surface area contributed by atoms with Crippen molar-refractivity contribution >= 4 is 5.71 Å². The summed E-state index contributed by atoms with van der Waals surface area (Å²) in [6.45, 7) is 0. The summed E-state index contributed by atoms with van der Waals surface area (Å²) in [7, 11) is 1.58. The third kappa shape index (κ3) is 2.48. The first-order valence-electron chi connectivity index (χ1n) is 4.68. The van der Waals surface area contributed by atoms with Crippen molar-refractivity contribution in [1.82, 2.24) is 0 Å². The lowest BCUT2D eigenvalue weighted by atomic mass is 9.97. The number of rotatable bonds is 0. The second kappa shape index (κ2) is 4.45. The number of aliphatic hydroxyl groups excluding tert-OH is 1. The van der Waals surface area contributed by atoms with Crippen LogP contribution in [-0.4, -0.2) is 33.9 Å². The third-order valence-electron chi connectivity index (χ3n) is 2.46. The van der Waals surface area contributed by atoms with Crippen molar-refractivity contribution in [3.8, 4) is 0 Å². The second-order valence-corrected chi connectivity index (χ2v) is 3.48. The Labute approximate surface area is 73.3 Å². The molecule has 3 heteroatoms. The first-order valence-corrected chi connectivity index (χ1v) is 4.68. The Morgan fingerprint density at radius 2 is 1.92 bits per heavy atom. The van der Waals surface area contributed by atoms with Crippen LogP contribution in [0, 0.1) is 0 Å². The highest BCUT2D eigenvalue weighted by atomic mass is 16.5. The van der Waals surface area contributed by atoms with Gasteiger partial charge in [0.25, 0.3) is 0 Å². The van der Waals surface area contributed by atoms with Gasteiger partial charge in [0.2, 0.25) is 5.71 Å². The molecule has 0 aromatic heterocycles. The van der Waals surface area contributed by atoms with E-state index in [0.717, 1.165) is 36.1 Å². The highest BCUT2D eigenvalue weighted by Crippen LogP contribution is 2.15. The highest BCUT2D eigenvalue weighted by molar-refractivity contribution is 5.83. The number of hydrogen-bond donors (Lipinski definition) is 2. The summed E-state index contributed by atoms with van der Waals surface area (Å²) in [5.74, 6) is 0. The summed E-state index contributed by atoms with van der Waals surface area (Å²) in [4.78, 5) is 0. The van der Waals surface area contributed by atoms with Gasteiger partial charge in [0.1, 0.15) is 6.10 Å². The van der Waals surface area contributed by atoms with Gasteiger partial charge >= 0.3 is 0 Å². The van der Waals surface area contributed by atoms with Crippen LogP contribution in [0.5, 0.6) is 0 Å². The predicted octanol–water partition coefficient (Wildman–Crippen LogP) is 1.17. The van der Waals surface area contributed by atoms with Crippen molar-refractivity contribution in [2.75, 3.05) is 7.05 Å². The highest BCUT2D eigenvalue weighted by Gasteiger charge is 2.22. The van der Waals surface area contributed by atoms with Crippen LogP contribution in [0.3, 0.4) is 0 Å². The van der Waals surface area contributed by atoms with Crippen molar-refractivity contribution in [2.45, 2.75) is 44.6 Å². The van der Waals surface area contributed by atoms with Gasteiger partial charge in [-0.1, -0.05) is 19.3 Å². The van der Waals surface area contributed by atoms with E-state index in [1.165, 1.54) is 12.8 Å². The second-order valence-electron chi connectivity index (χ2n) is 3.48. The summed E-state index contributed by atoms with van der Waals surface area (Å²) in [6, 6.07) is 0. The van der Waals surface area contributed by atoms with Gasteiger partial charge in [0.05, 0.1) is 0 Å². The van der Waals surface area contributed by atoms with Gasteiger partial charge in [0, 0.05) is 6.42 Å². The van der Waals surface area contributed by atoms with E-state index < -0.39 is 6.10 Å². The van der Waals surface area contributed by atoms with Gasteiger partial charge in [-0.05, 0) is 17.6 Å². The van der Waals surface area contributed by atoms with E-state index in [9.17, 15) is 10.3 Å². The van der Waals surface area contributed by atoms with Crippen LogP contribution < -0.4 is 0 Å². The van der Waals surface area contributed by atoms with E-state index >= 15 is 0 Å². The first kappa shape index (κ1) is 9.52. The van der Waals surface area contributed by atoms with Gasteiger partial charge in [-0.25, -0.2) is 0 Å². The Kier molecular flexibility index (Phi) is 3.53. The molecule has 0 aromatic carbocycles. The van der Waals surface area contributed by atoms with E-state index in [1.807, 2.05) is 0 Å². The number of hydroxylamine groups is 1. The average Bonchev–Trinajstić information content (AvgIpc) is 1.96. The van der Waals surface area contributed by atoms with Crippen LogP contribution in [0.4, 0.5) is 0 Å². The Bertz CT molecular complexity index is 173. The van der Waals surface area contributed by atoms with Crippen molar-refractivity contribution in [3.63, 3.8) is 0 Å². The molecule has 12 heavy (non-hydrogen) atoms. The lowest BCUT2D eigenvalue weighted by molar-refractivity contribution is -0.756. The maximum absolute atomic E-state index is 9.61. The molecule has 0 spiro atoms. The van der Waals surface area contributed by atoms with Gasteiger partial charge in [-0.2, -0.15) is 0 Å². The topological polar surface area (TPSA) is 43.5 Å². The Morgan fingerprint density at radius 1 is 1.25 bits per heavy atom. The van der Waals surface area contributed by atoms with E-state index in [4.69, 9.17) is 0 Å². The summed E-state index contributed by atoms with van der Waals surface area (Å²) in [5.41, 5.74) is 0.773. The minimum absolute atomic E-state index is 0.430. The molecule has 1 atom stereocenters. The summed E-state index contributed by atoms with van der Waals surface area (Å²) in [6.07, 6.45) is 5.76. The maximum atomic E-state index is 9.61. The van der Waals surface area contributed by atoms with Crippen molar-refractivity contribution in [2.24, 2.45) is 0 Å². The quantitative estimate of drug-likeness (QED) is 0.327. The normalized spacial score (nSPS) is 30.7. The minimum atomic E-state index is -0.430. The van der Waals surface area contributed by atoms with E-state index in [-0.39, 0.29) is 0 Å². The van der Waals surface area contributed by atoms with Crippen molar-refractivity contribution < 1.29 is 15.1 Å². The van der Waals surface area contributed by atoms with Crippen LogP contribution >= 0.6 is 0 Å². The fourth-order valence-electron chi connectivity index (χ4n) is 1.71. The lowest BCUT2D eigenvalue weighted by Gasteiger charge is -2.12. The lowest BCUT2D eigenvalue weighted by Crippen LogP contribution is -2.29. The number of hydrogen-bond acceptors (Lipinski definition) is 2. The van der Waals surface area contributed by atoms with Crippen LogP contribution in [0.2, 0.25) is 0 Å². The molecule has 0 bridgehead atoms. The molecule has 1 aliphatic carbocycles. The number of aliphatic hydroxyl groups is 1. The molecule has 70 valence electrons. The smallest absolute Gasteiger partial charge is 0.232 e. The van der Waals surface area contributed by atoms with Crippen LogP contribution in [0.1, 0.15) is 38.5 Å². The Morgan fingerprint density at radius 3 is 2.58 bits per heavy atom. The van der Waals surface area contributed by atoms with Crippen LogP contribution in [0.25, 0.3) is 0 Å². The molecule has 3 nitrogen and oxygen atoms in total. The standard InChI is InChI=1S/C9H18NO2/c1-10(12)8-6-4-2-3-5-7-9(8)11/h9,11-12H,2-7H2,1H3/q+1. The molecular weight excluding hydrogens is 154 g/mol. The molecule has 1 rings (SSSR count). The molecule has 1 fully saturated rings. The molecule has 0 radical (unpaired) electrons. The zero-order valence-electron chi connectivity index (χ0n) is 7.66. The molecule has 1 saturated carbocycles. The van der Waals surface area contributed by atoms with Gasteiger partial charge in [-0.15, -0.1) is 0 Å². The van der Waals surface area contributed by atoms with Crippen LogP contribution in [-0.2, 0) is 0 Å². The summed E-state index contributed by atoms with van der Waals surface area (Å²) >= 11 is 0. The van der Waals surface area contributed by atoms with E-state index in [2.05, 4.69) is 0 Å². The molecule has 2 N–H and O–H groups in total. The zero-order valence-corrected chi connectivity index (χ0v) is 7.66. The Hall–Kier alpha value is -0.570. The van der Waals surface area contributed by atoms with Crippen LogP contribution in [0.15, 0.2) is 0 Å². The molecule has 0 heterocycles. The maximum Gasteiger partial charge on any atom is 0.232 e. The minimum Gasteiger partial charge on any atom is -0.382 e. The molecule has 0 saturated heterocycles. The summed E-state index contributed by atoms with van der Waals surface area (Å²) < 4.78 is 1.08. The SMILES string of the molecule is C[N+](O)=C1CCCCCCC1O. The van der Waals surface area contributed by atoms with Gasteiger partial charge in [-0.3, -0.25) is 5.21 Å². The summed E-state index contributed by atoms with van der Waals surface area (Å²) in [5, 5.41) is 18.8. The predicted molar refractivity (Wildman–Crippen MR) is 46.7 cm³/mol. The largest absolute Gasteiger partial charge is 0.382 e. The third-order valence-corrected chi connectivity index (χ3v) is 2.46. The van der Waals surface area contributed by atoms with Crippen molar-refractivity contribution in [3.05, 3.63) is 0 Å². The fourth-order valence-corrected chi connectivity index (χ4v) is 1.71. The van der Waals surface area contributed by atoms with E-state index in [0.29, 0.717) is 0 Å². The van der Waals surface area contributed by atoms with Gasteiger partial charge < -0.3 is 5.11 Å². The average molecular weight is 172 g/mol. The monoisotopic (exact) mass is 172 g/mol. The molecule has 0 aliphatic heterocycles. The first-order chi connectivity index (χ1) is 5.72. The zero-order chi connectivity index (χ0) is 8.97. The molecular formula is C9H18NO2+. The Balaban J connectivity index is 2.61. The molecule has 0 amide bonds. The number of nitrogens with zero attached hydrogens (tertiary/aromatic N) is 1. The molecule has 0 aromatic rings. The fraction of sp³-hybridized carbons (Fsp3) is 0.889. The van der Waals surface area contributed by atoms with E-state index in [1.54, 1.807) is 7.05 Å². The molecule has 1 aliphatic rings. The van der Waals surface area contributed by atoms with Gasteiger partial charge in [0.15, 0.2) is 7.05 Å². The van der Waals surface area contributed by atoms with Crippen molar-refractivity contribution in [1.29, 1.82) is 0 Å². The molecule has 1 unspecified atom stereocenters.